The molecule has 1 amide bonds. The minimum Gasteiger partial charge on any atom is -0.447 e. The fourth-order valence-corrected chi connectivity index (χ4v) is 1.03. The third-order valence-corrected chi connectivity index (χ3v) is 1.90. The van der Waals surface area contributed by atoms with E-state index in [0.717, 1.165) is 12.3 Å². The molecule has 0 bridgehead atoms. The van der Waals surface area contributed by atoms with E-state index in [4.69, 9.17) is 10.5 Å². The van der Waals surface area contributed by atoms with Gasteiger partial charge < -0.3 is 15.2 Å². The van der Waals surface area contributed by atoms with Crippen LogP contribution < -0.4 is 5.73 Å². The van der Waals surface area contributed by atoms with Gasteiger partial charge in [-0.05, 0) is 18.8 Å². The van der Waals surface area contributed by atoms with E-state index in [1.165, 1.54) is 12.8 Å². The number of hydrogen-bond acceptors (Lipinski definition) is 3. The van der Waals surface area contributed by atoms with Crippen LogP contribution in [0.15, 0.2) is 0 Å². The second-order valence-corrected chi connectivity index (χ2v) is 3.21. The van der Waals surface area contributed by atoms with E-state index in [1.807, 2.05) is 0 Å². The minimum absolute atomic E-state index is 0.243. The lowest BCUT2D eigenvalue weighted by atomic mass is 10.2. The zero-order valence-electron chi connectivity index (χ0n) is 7.70. The molecule has 13 heavy (non-hydrogen) atoms. The van der Waals surface area contributed by atoms with E-state index in [2.05, 4.69) is 11.2 Å². The second kappa shape index (κ2) is 5.80. The summed E-state index contributed by atoms with van der Waals surface area (Å²) >= 11 is 0. The Morgan fingerprint density at radius 1 is 1.46 bits per heavy atom. The zero-order valence-corrected chi connectivity index (χ0v) is 7.70. The maximum atomic E-state index is 10.1. The first kappa shape index (κ1) is 10.3. The monoisotopic (exact) mass is 186 g/mol. The smallest absolute Gasteiger partial charge is 0.404 e. The van der Waals surface area contributed by atoms with Gasteiger partial charge in [-0.25, -0.2) is 4.79 Å². The van der Waals surface area contributed by atoms with Gasteiger partial charge in [0.25, 0.3) is 0 Å². The van der Waals surface area contributed by atoms with Crippen LogP contribution in [0, 0.1) is 12.3 Å². The molecule has 0 unspecified atom stereocenters. The summed E-state index contributed by atoms with van der Waals surface area (Å²) in [5.74, 6) is 0.908. The SMILES string of the molecule is NC(=O)OCCOC[CH]CC1CC1. The Bertz CT molecular complexity index is 157. The summed E-state index contributed by atoms with van der Waals surface area (Å²) in [6.07, 6.45) is 5.26. The second-order valence-electron chi connectivity index (χ2n) is 3.21. The molecule has 0 aromatic carbocycles. The first-order valence-corrected chi connectivity index (χ1v) is 4.60. The number of hydrogen-bond donors (Lipinski definition) is 1. The fourth-order valence-electron chi connectivity index (χ4n) is 1.03. The molecule has 4 nitrogen and oxygen atoms in total. The summed E-state index contributed by atoms with van der Waals surface area (Å²) < 4.78 is 9.66. The molecule has 0 aliphatic heterocycles. The highest BCUT2D eigenvalue weighted by molar-refractivity contribution is 5.64. The van der Waals surface area contributed by atoms with E-state index in [-0.39, 0.29) is 6.61 Å². The van der Waals surface area contributed by atoms with E-state index >= 15 is 0 Å². The third-order valence-electron chi connectivity index (χ3n) is 1.90. The van der Waals surface area contributed by atoms with Crippen LogP contribution in [0.5, 0.6) is 0 Å². The first-order chi connectivity index (χ1) is 6.29. The lowest BCUT2D eigenvalue weighted by molar-refractivity contribution is 0.0852. The van der Waals surface area contributed by atoms with E-state index in [9.17, 15) is 4.79 Å². The van der Waals surface area contributed by atoms with Gasteiger partial charge in [-0.15, -0.1) is 0 Å². The molecular weight excluding hydrogens is 170 g/mol. The Kier molecular flexibility index (Phi) is 4.60. The highest BCUT2D eigenvalue weighted by atomic mass is 16.6. The molecule has 1 radical (unpaired) electrons. The lowest BCUT2D eigenvalue weighted by Crippen LogP contribution is -2.16. The predicted molar refractivity (Wildman–Crippen MR) is 48.0 cm³/mol. The third kappa shape index (κ3) is 6.40. The normalized spacial score (nSPS) is 15.7. The van der Waals surface area contributed by atoms with Crippen LogP contribution in [0.25, 0.3) is 0 Å². The summed E-state index contributed by atoms with van der Waals surface area (Å²) in [4.78, 5) is 10.1. The Labute approximate surface area is 78.4 Å². The molecule has 0 aromatic heterocycles. The van der Waals surface area contributed by atoms with Crippen LogP contribution in [0.3, 0.4) is 0 Å². The number of primary amides is 1. The number of carbonyl (C=O) groups excluding carboxylic acids is 1. The van der Waals surface area contributed by atoms with Crippen LogP contribution in [0.4, 0.5) is 4.79 Å². The first-order valence-electron chi connectivity index (χ1n) is 4.60. The fraction of sp³-hybridized carbons (Fsp3) is 0.778. The van der Waals surface area contributed by atoms with Crippen molar-refractivity contribution < 1.29 is 14.3 Å². The van der Waals surface area contributed by atoms with Crippen molar-refractivity contribution in [3.8, 4) is 0 Å². The lowest BCUT2D eigenvalue weighted by Gasteiger charge is -2.03. The average Bonchev–Trinajstić information content (AvgIpc) is 2.86. The standard InChI is InChI=1S/C9H16NO3/c10-9(11)13-7-6-12-5-1-2-8-3-4-8/h1,8H,2-7H2,(H2,10,11). The van der Waals surface area contributed by atoms with Crippen LogP contribution in [0.2, 0.25) is 0 Å². The van der Waals surface area contributed by atoms with Gasteiger partial charge in [0, 0.05) is 6.61 Å². The van der Waals surface area contributed by atoms with Crippen molar-refractivity contribution in [2.24, 2.45) is 11.7 Å². The molecular formula is C9H16NO3. The van der Waals surface area contributed by atoms with Gasteiger partial charge in [-0.1, -0.05) is 12.8 Å². The van der Waals surface area contributed by atoms with Crippen LogP contribution >= 0.6 is 0 Å². The van der Waals surface area contributed by atoms with Crippen molar-refractivity contribution in [1.29, 1.82) is 0 Å². The summed E-state index contributed by atoms with van der Waals surface area (Å²) in [5, 5.41) is 0. The average molecular weight is 186 g/mol. The van der Waals surface area contributed by atoms with Crippen molar-refractivity contribution in [3.05, 3.63) is 6.42 Å². The Hall–Kier alpha value is -0.770. The number of carbonyl (C=O) groups is 1. The van der Waals surface area contributed by atoms with E-state index < -0.39 is 6.09 Å². The zero-order chi connectivity index (χ0) is 9.52. The van der Waals surface area contributed by atoms with Gasteiger partial charge in [-0.2, -0.15) is 0 Å². The molecule has 4 heteroatoms. The molecule has 1 rings (SSSR count). The molecule has 0 saturated heterocycles. The van der Waals surface area contributed by atoms with Gasteiger partial charge >= 0.3 is 6.09 Å². The van der Waals surface area contributed by atoms with Gasteiger partial charge in [0.15, 0.2) is 0 Å². The van der Waals surface area contributed by atoms with E-state index in [1.54, 1.807) is 0 Å². The van der Waals surface area contributed by atoms with Crippen LogP contribution in [0.1, 0.15) is 19.3 Å². The Balaban J connectivity index is 1.70. The predicted octanol–water partition coefficient (Wildman–Crippen LogP) is 1.10. The summed E-state index contributed by atoms with van der Waals surface area (Å²) in [5.41, 5.74) is 4.76. The topological polar surface area (TPSA) is 61.6 Å². The number of rotatable bonds is 7. The van der Waals surface area contributed by atoms with Crippen LogP contribution in [-0.4, -0.2) is 25.9 Å². The number of nitrogens with two attached hydrogens (primary N) is 1. The maximum absolute atomic E-state index is 10.1. The Morgan fingerprint density at radius 3 is 2.85 bits per heavy atom. The quantitative estimate of drug-likeness (QED) is 0.606. The molecule has 1 aliphatic rings. The van der Waals surface area contributed by atoms with Crippen molar-refractivity contribution >= 4 is 6.09 Å². The van der Waals surface area contributed by atoms with Gasteiger partial charge in [-0.3, -0.25) is 0 Å². The summed E-state index contributed by atoms with van der Waals surface area (Å²) in [6.45, 7) is 1.30. The molecule has 1 fully saturated rings. The largest absolute Gasteiger partial charge is 0.447 e. The highest BCUT2D eigenvalue weighted by Gasteiger charge is 2.19. The van der Waals surface area contributed by atoms with Crippen LogP contribution in [-0.2, 0) is 9.47 Å². The van der Waals surface area contributed by atoms with Crippen molar-refractivity contribution in [2.75, 3.05) is 19.8 Å². The molecule has 1 aliphatic carbocycles. The van der Waals surface area contributed by atoms with Crippen molar-refractivity contribution in [1.82, 2.24) is 0 Å². The van der Waals surface area contributed by atoms with E-state index in [0.29, 0.717) is 13.2 Å². The van der Waals surface area contributed by atoms with Crippen molar-refractivity contribution in [2.45, 2.75) is 19.3 Å². The molecule has 0 aromatic rings. The molecule has 2 N–H and O–H groups in total. The minimum atomic E-state index is -0.745. The van der Waals surface area contributed by atoms with Crippen molar-refractivity contribution in [3.63, 3.8) is 0 Å². The molecule has 0 heterocycles. The molecule has 1 saturated carbocycles. The number of ether oxygens (including phenoxy) is 2. The van der Waals surface area contributed by atoms with Gasteiger partial charge in [0.05, 0.1) is 6.61 Å². The summed E-state index contributed by atoms with van der Waals surface area (Å²) in [6, 6.07) is 0. The number of amides is 1. The maximum Gasteiger partial charge on any atom is 0.404 e. The van der Waals surface area contributed by atoms with Gasteiger partial charge in [0.2, 0.25) is 0 Å². The molecule has 75 valence electrons. The molecule has 0 spiro atoms. The highest BCUT2D eigenvalue weighted by Crippen LogP contribution is 2.32. The summed E-state index contributed by atoms with van der Waals surface area (Å²) in [7, 11) is 0. The molecule has 0 atom stereocenters. The Morgan fingerprint density at radius 2 is 2.23 bits per heavy atom. The van der Waals surface area contributed by atoms with Gasteiger partial charge in [0.1, 0.15) is 6.61 Å².